The summed E-state index contributed by atoms with van der Waals surface area (Å²) in [5.41, 5.74) is 9.56. The number of nitrogens with two attached hydrogens (primary N) is 1. The third-order valence-electron chi connectivity index (χ3n) is 9.81. The third kappa shape index (κ3) is 6.29. The van der Waals surface area contributed by atoms with Gasteiger partial charge < -0.3 is 20.1 Å². The van der Waals surface area contributed by atoms with Crippen LogP contribution in [0.2, 0.25) is 0 Å². The first-order chi connectivity index (χ1) is 25.4. The van der Waals surface area contributed by atoms with Gasteiger partial charge in [0.15, 0.2) is 12.2 Å². The molecule has 0 saturated carbocycles. The fraction of sp³-hybridized carbons (Fsp3) is 0.250. The quantitative estimate of drug-likeness (QED) is 0.179. The Morgan fingerprint density at radius 2 is 1.19 bits per heavy atom. The molecule has 0 aliphatic carbocycles. The van der Waals surface area contributed by atoms with E-state index < -0.39 is 53.7 Å². The van der Waals surface area contributed by atoms with E-state index in [1.54, 1.807) is 6.08 Å². The fourth-order valence-corrected chi connectivity index (χ4v) is 9.80. The van der Waals surface area contributed by atoms with E-state index in [2.05, 4.69) is 5.32 Å². The number of β-lactam (4-membered cyclic amide) rings is 2. The van der Waals surface area contributed by atoms with Gasteiger partial charge in [0, 0.05) is 17.5 Å². The molecule has 12 heteroatoms. The maximum absolute atomic E-state index is 14.3. The normalized spacial score (nSPS) is 25.0. The van der Waals surface area contributed by atoms with Gasteiger partial charge in [-0.1, -0.05) is 121 Å². The number of amides is 2. The van der Waals surface area contributed by atoms with Crippen LogP contribution in [0.5, 0.6) is 0 Å². The first-order valence-corrected chi connectivity index (χ1v) is 19.2. The number of carbonyl (C=O) groups excluding carboxylic acids is 4. The smallest absolute Gasteiger partial charge is 0.355 e. The van der Waals surface area contributed by atoms with Gasteiger partial charge in [-0.2, -0.15) is 0 Å². The van der Waals surface area contributed by atoms with Crippen LogP contribution in [0, 0.1) is 0 Å². The van der Waals surface area contributed by atoms with Crippen molar-refractivity contribution >= 4 is 47.3 Å². The van der Waals surface area contributed by atoms with Crippen molar-refractivity contribution in [3.05, 3.63) is 155 Å². The molecule has 4 heterocycles. The average molecular weight is 733 g/mol. The predicted molar refractivity (Wildman–Crippen MR) is 198 cm³/mol. The van der Waals surface area contributed by atoms with E-state index in [9.17, 15) is 19.2 Å². The lowest BCUT2D eigenvalue weighted by molar-refractivity contribution is -0.168. The SMILES string of the molecule is N[C@@H]1C(=O)N2C(C(=O)OC(c3ccccc3)c3ccccc3)C(N[C@@H]3C(=O)N4C(C(=O)OC(c5ccccc5)c5ccccc5)=CCSC34)CSC12. The number of hydrogen-bond acceptors (Lipinski definition) is 10. The summed E-state index contributed by atoms with van der Waals surface area (Å²) in [6.45, 7) is 0. The van der Waals surface area contributed by atoms with E-state index in [0.717, 1.165) is 22.3 Å². The lowest BCUT2D eigenvalue weighted by Crippen LogP contribution is -2.79. The van der Waals surface area contributed by atoms with E-state index in [4.69, 9.17) is 15.2 Å². The Labute approximate surface area is 309 Å². The zero-order valence-electron chi connectivity index (χ0n) is 27.9. The van der Waals surface area contributed by atoms with Crippen molar-refractivity contribution in [3.63, 3.8) is 0 Å². The van der Waals surface area contributed by atoms with Crippen LogP contribution >= 0.6 is 23.5 Å². The first kappa shape index (κ1) is 34.2. The molecule has 2 amide bonds. The second-order valence-electron chi connectivity index (χ2n) is 13.0. The Morgan fingerprint density at radius 3 is 1.71 bits per heavy atom. The van der Waals surface area contributed by atoms with Gasteiger partial charge in [-0.25, -0.2) is 9.59 Å². The number of ether oxygens (including phenoxy) is 2. The molecular weight excluding hydrogens is 697 g/mol. The average Bonchev–Trinajstić information content (AvgIpc) is 3.21. The van der Waals surface area contributed by atoms with Crippen LogP contribution in [-0.4, -0.2) is 80.0 Å². The maximum Gasteiger partial charge on any atom is 0.355 e. The summed E-state index contributed by atoms with van der Waals surface area (Å²) in [4.78, 5) is 58.1. The molecule has 4 unspecified atom stereocenters. The van der Waals surface area contributed by atoms with Crippen molar-refractivity contribution < 1.29 is 28.7 Å². The Balaban J connectivity index is 1.01. The molecule has 8 rings (SSSR count). The summed E-state index contributed by atoms with van der Waals surface area (Å²) in [6.07, 6.45) is 0.348. The molecular formula is C40H36N4O6S2. The molecule has 264 valence electrons. The van der Waals surface area contributed by atoms with Crippen molar-refractivity contribution in [2.75, 3.05) is 11.5 Å². The molecule has 0 aromatic heterocycles. The van der Waals surface area contributed by atoms with E-state index >= 15 is 0 Å². The zero-order valence-corrected chi connectivity index (χ0v) is 29.5. The summed E-state index contributed by atoms with van der Waals surface area (Å²) in [6, 6.07) is 34.8. The Kier molecular flexibility index (Phi) is 9.63. The Bertz CT molecular complexity index is 1910. The van der Waals surface area contributed by atoms with Crippen LogP contribution in [0.1, 0.15) is 34.5 Å². The number of thioether (sulfide) groups is 2. The summed E-state index contributed by atoms with van der Waals surface area (Å²) in [7, 11) is 0. The van der Waals surface area contributed by atoms with Crippen molar-refractivity contribution in [2.24, 2.45) is 5.73 Å². The standard InChI is InChI=1S/C40H36N4O6S2/c41-30-35(45)44-32(40(48)50-34(26-17-9-3-10-18-26)27-19-11-4-12-20-27)28(23-52-37(30)44)42-31-36(46)43-29(21-22-51-38(31)43)39(47)49-33(24-13-5-1-6-14-24)25-15-7-2-8-16-25/h1-21,28,30-34,37-38,42H,22-23,41H2/t28?,30-,31-,32?,37?,38?/m1/s1. The third-order valence-corrected chi connectivity index (χ3v) is 12.4. The Hall–Kier alpha value is -4.88. The molecule has 3 N–H and O–H groups in total. The van der Waals surface area contributed by atoms with Gasteiger partial charge >= 0.3 is 11.9 Å². The predicted octanol–water partition coefficient (Wildman–Crippen LogP) is 4.39. The number of fused-ring (bicyclic) bond motifs is 2. The van der Waals surface area contributed by atoms with E-state index in [1.807, 2.05) is 121 Å². The minimum atomic E-state index is -1.01. The maximum atomic E-state index is 14.3. The first-order valence-electron chi connectivity index (χ1n) is 17.1. The largest absolute Gasteiger partial charge is 0.451 e. The Morgan fingerprint density at radius 1 is 0.692 bits per heavy atom. The number of benzene rings is 4. The molecule has 3 fully saturated rings. The lowest BCUT2D eigenvalue weighted by atomic mass is 9.96. The molecule has 52 heavy (non-hydrogen) atoms. The van der Waals surface area contributed by atoms with E-state index in [-0.39, 0.29) is 22.9 Å². The molecule has 10 nitrogen and oxygen atoms in total. The van der Waals surface area contributed by atoms with Gasteiger partial charge in [-0.05, 0) is 28.3 Å². The van der Waals surface area contributed by atoms with Crippen LogP contribution in [0.3, 0.4) is 0 Å². The minimum Gasteiger partial charge on any atom is -0.451 e. The number of esters is 2. The fourth-order valence-electron chi connectivity index (χ4n) is 7.20. The van der Waals surface area contributed by atoms with Gasteiger partial charge in [0.1, 0.15) is 34.6 Å². The van der Waals surface area contributed by atoms with Gasteiger partial charge in [0.25, 0.3) is 0 Å². The molecule has 3 saturated heterocycles. The highest BCUT2D eigenvalue weighted by atomic mass is 32.2. The molecule has 0 bridgehead atoms. The highest BCUT2D eigenvalue weighted by Crippen LogP contribution is 2.42. The second kappa shape index (κ2) is 14.6. The van der Waals surface area contributed by atoms with Crippen LogP contribution in [-0.2, 0) is 28.7 Å². The minimum absolute atomic E-state index is 0.190. The van der Waals surface area contributed by atoms with Crippen molar-refractivity contribution in [2.45, 2.75) is 47.1 Å². The van der Waals surface area contributed by atoms with Gasteiger partial charge in [-0.3, -0.25) is 19.8 Å². The monoisotopic (exact) mass is 732 g/mol. The van der Waals surface area contributed by atoms with Gasteiger partial charge in [-0.15, -0.1) is 23.5 Å². The summed E-state index contributed by atoms with van der Waals surface area (Å²) in [5, 5.41) is 2.62. The topological polar surface area (TPSA) is 131 Å². The summed E-state index contributed by atoms with van der Waals surface area (Å²) < 4.78 is 12.4. The molecule has 0 radical (unpaired) electrons. The highest BCUT2D eigenvalue weighted by molar-refractivity contribution is 8.00. The van der Waals surface area contributed by atoms with Crippen LogP contribution in [0.15, 0.2) is 133 Å². The van der Waals surface area contributed by atoms with Crippen LogP contribution in [0.4, 0.5) is 0 Å². The number of rotatable bonds is 10. The number of hydrogen-bond donors (Lipinski definition) is 2. The number of carbonyl (C=O) groups is 4. The summed E-state index contributed by atoms with van der Waals surface area (Å²) in [5.74, 6) is -0.923. The van der Waals surface area contributed by atoms with E-state index in [0.29, 0.717) is 11.5 Å². The molecule has 4 aliphatic heterocycles. The van der Waals surface area contributed by atoms with Gasteiger partial charge in [0.05, 0.1) is 0 Å². The lowest BCUT2D eigenvalue weighted by Gasteiger charge is -2.56. The highest BCUT2D eigenvalue weighted by Gasteiger charge is 2.59. The molecule has 4 aromatic carbocycles. The summed E-state index contributed by atoms with van der Waals surface area (Å²) >= 11 is 2.99. The van der Waals surface area contributed by atoms with Crippen molar-refractivity contribution in [1.29, 1.82) is 0 Å². The van der Waals surface area contributed by atoms with Crippen molar-refractivity contribution in [1.82, 2.24) is 15.1 Å². The van der Waals surface area contributed by atoms with Crippen LogP contribution < -0.4 is 11.1 Å². The number of nitrogens with zero attached hydrogens (tertiary/aromatic N) is 2. The molecule has 4 aliphatic rings. The van der Waals surface area contributed by atoms with Gasteiger partial charge in [0.2, 0.25) is 11.8 Å². The van der Waals surface area contributed by atoms with E-state index in [1.165, 1.54) is 33.3 Å². The molecule has 0 spiro atoms. The number of nitrogens with one attached hydrogen (secondary N) is 1. The molecule has 4 aromatic rings. The van der Waals surface area contributed by atoms with Crippen molar-refractivity contribution in [3.8, 4) is 0 Å². The van der Waals surface area contributed by atoms with Crippen LogP contribution in [0.25, 0.3) is 0 Å². The zero-order chi connectivity index (χ0) is 35.8. The second-order valence-corrected chi connectivity index (χ2v) is 15.3. The molecule has 6 atom stereocenters.